The summed E-state index contributed by atoms with van der Waals surface area (Å²) in [6.07, 6.45) is -10.4. The Bertz CT molecular complexity index is 2790. The van der Waals surface area contributed by atoms with Crippen molar-refractivity contribution in [1.82, 2.24) is 40.5 Å². The Hall–Kier alpha value is -8.55. The van der Waals surface area contributed by atoms with E-state index in [2.05, 4.69) is 60.8 Å². The number of aliphatic hydroxyl groups is 3. The molecule has 13 atom stereocenters. The highest BCUT2D eigenvalue weighted by atomic mass is 33.1. The Labute approximate surface area is 485 Å². The summed E-state index contributed by atoms with van der Waals surface area (Å²) in [5.74, 6) is -7.36. The quantitative estimate of drug-likeness (QED) is 0.0144. The van der Waals surface area contributed by atoms with Crippen molar-refractivity contribution in [2.75, 3.05) is 48.4 Å². The van der Waals surface area contributed by atoms with Crippen molar-refractivity contribution in [3.63, 3.8) is 0 Å². The first kappa shape index (κ1) is 68.0. The van der Waals surface area contributed by atoms with Crippen LogP contribution in [0.2, 0.25) is 0 Å². The van der Waals surface area contributed by atoms with E-state index in [1.807, 2.05) is 0 Å². The van der Waals surface area contributed by atoms with E-state index in [9.17, 15) is 44.1 Å². The second-order valence-corrected chi connectivity index (χ2v) is 21.2. The first-order valence-electron chi connectivity index (χ1n) is 25.2. The largest absolute Gasteiger partial charge is 0.388 e. The number of nitrogens with one attached hydrogen (secondary N) is 3. The van der Waals surface area contributed by atoms with Crippen LogP contribution in [0.25, 0.3) is 11.4 Å². The van der Waals surface area contributed by atoms with E-state index in [0.29, 0.717) is 0 Å². The molecule has 36 N–H and O–H groups in total. The minimum atomic E-state index is -1.72. The molecular weight excluding hydrogens is 1150 g/mol. The van der Waals surface area contributed by atoms with Crippen LogP contribution in [0, 0.1) is 0 Å². The standard InChI is InChI=1S/C42H74N28O12S2/c43-21(71)10-18(60-22(72)4-2-6-70-12-14(29(44)66-42(70)79)31-67-40(56)69-41(57)68-31)33(78)61-15(3-1-5-58-35(46)47)32(77)62-19(30(45)76)13-84-83-8-7-80-28-24(73)16(63-37(50)51)9-17(64-38(52)53)27(28)82-34-23(65-39(54)55)26(75)25(74)20(81-34)11-59-36(48)49/h12,15-20,23-28,34,73-75H,1-11,13H2,(H2,43,71)(H2,45,76)(H,60,72)(H,61,78)(H,62,77)(H2,44,66,79)(H4,46,47,58)(H4,48,49,59)(H4,50,51,63)(H4,52,53,64)(H4,54,55,65)(H4,56,57,67,68,69)/t15-,16+,17-,18-,19-,20+,23+,24-,25+,26+,27+,28+,34+/m0/s1. The van der Waals surface area contributed by atoms with Crippen molar-refractivity contribution in [3.05, 3.63) is 16.7 Å². The zero-order chi connectivity index (χ0) is 62.5. The van der Waals surface area contributed by atoms with Gasteiger partial charge in [0.1, 0.15) is 66.6 Å². The molecule has 0 radical (unpaired) electrons. The maximum Gasteiger partial charge on any atom is 0.349 e. The minimum absolute atomic E-state index is 0.00104. The van der Waals surface area contributed by atoms with E-state index in [4.69, 9.17) is 100 Å². The normalized spacial score (nSPS) is 23.0. The van der Waals surface area contributed by atoms with E-state index >= 15 is 0 Å². The topological polar surface area (TPSA) is 735 Å². The van der Waals surface area contributed by atoms with Crippen molar-refractivity contribution in [2.45, 2.75) is 124 Å². The van der Waals surface area contributed by atoms with Crippen LogP contribution >= 0.6 is 21.6 Å². The number of primary amides is 2. The summed E-state index contributed by atoms with van der Waals surface area (Å²) in [6, 6.07) is -8.03. The lowest BCUT2D eigenvalue weighted by Gasteiger charge is -2.46. The average molecular weight is 1230 g/mol. The van der Waals surface area contributed by atoms with Gasteiger partial charge < -0.3 is 131 Å². The van der Waals surface area contributed by atoms with E-state index in [0.717, 1.165) is 26.2 Å². The molecule has 1 aliphatic heterocycles. The molecule has 40 nitrogen and oxygen atoms in total. The second-order valence-electron chi connectivity index (χ2n) is 18.6. The van der Waals surface area contributed by atoms with Crippen LogP contribution in [0.1, 0.15) is 38.5 Å². The van der Waals surface area contributed by atoms with Gasteiger partial charge in [0, 0.05) is 37.2 Å². The number of nitrogen functional groups attached to an aromatic ring is 3. The van der Waals surface area contributed by atoms with Gasteiger partial charge in [0.25, 0.3) is 0 Å². The van der Waals surface area contributed by atoms with Gasteiger partial charge in [-0.3, -0.25) is 38.5 Å². The summed E-state index contributed by atoms with van der Waals surface area (Å²) in [5.41, 5.74) is 84.0. The monoisotopic (exact) mass is 1230 g/mol. The molecule has 2 aromatic heterocycles. The van der Waals surface area contributed by atoms with Crippen molar-refractivity contribution in [2.24, 2.45) is 93.8 Å². The lowest BCUT2D eigenvalue weighted by atomic mass is 9.83. The molecule has 466 valence electrons. The number of aromatic nitrogens is 5. The molecule has 84 heavy (non-hydrogen) atoms. The van der Waals surface area contributed by atoms with E-state index in [1.54, 1.807) is 0 Å². The number of aryl methyl sites for hydroxylation is 1. The molecule has 2 aromatic rings. The van der Waals surface area contributed by atoms with Crippen molar-refractivity contribution < 1.29 is 53.5 Å². The van der Waals surface area contributed by atoms with Gasteiger partial charge in [0.05, 0.1) is 37.2 Å². The van der Waals surface area contributed by atoms with Gasteiger partial charge in [-0.15, -0.1) is 0 Å². The number of rotatable bonds is 31. The van der Waals surface area contributed by atoms with Crippen LogP contribution in [0.5, 0.6) is 0 Å². The number of anilines is 3. The van der Waals surface area contributed by atoms with Crippen LogP contribution in [-0.2, 0) is 44.7 Å². The molecule has 0 bridgehead atoms. The molecule has 0 spiro atoms. The fourth-order valence-electron chi connectivity index (χ4n) is 8.35. The Morgan fingerprint density at radius 2 is 1.33 bits per heavy atom. The molecule has 1 saturated heterocycles. The number of ether oxygens (including phenoxy) is 3. The number of guanidine groups is 5. The molecule has 1 aliphatic carbocycles. The zero-order valence-electron chi connectivity index (χ0n) is 45.0. The van der Waals surface area contributed by atoms with Gasteiger partial charge in [-0.05, 0) is 25.7 Å². The predicted octanol–water partition coefficient (Wildman–Crippen LogP) is -11.9. The first-order valence-corrected chi connectivity index (χ1v) is 27.7. The summed E-state index contributed by atoms with van der Waals surface area (Å²) in [5, 5.41) is 41.2. The number of carbonyl (C=O) groups is 5. The maximum absolute atomic E-state index is 13.9. The molecular formula is C42H74N28O12S2. The third-order valence-corrected chi connectivity index (χ3v) is 14.5. The Morgan fingerprint density at radius 1 is 0.714 bits per heavy atom. The molecule has 42 heteroatoms. The number of amides is 5. The Morgan fingerprint density at radius 3 is 1.94 bits per heavy atom. The van der Waals surface area contributed by atoms with E-state index in [1.165, 1.54) is 6.20 Å². The van der Waals surface area contributed by atoms with Crippen molar-refractivity contribution in [3.8, 4) is 11.4 Å². The molecule has 0 aromatic carbocycles. The minimum Gasteiger partial charge on any atom is -0.388 e. The molecule has 0 unspecified atom stereocenters. The number of hydrogen-bond donors (Lipinski definition) is 21. The SMILES string of the molecule is NC(=O)C[C@H](NC(=O)CCCn1cc(-c2nc(N)nc(N)n2)c(N)nc1=O)C(=O)N[C@@H](CCCN=C(N)N)C(=O)N[C@@H](CSSCCO[C@@H]1[C@@H](O)[C@H](N=C(N)N)C[C@H](N=C(N)N)[C@H]1O[C@H]1O[C@H](CN=C(N)N)[C@@H](O)[C@H](O)[C@H]1N=C(N)N)C(N)=O. The highest BCUT2D eigenvalue weighted by Crippen LogP contribution is 2.34. The second kappa shape index (κ2) is 32.3. The third-order valence-electron chi connectivity index (χ3n) is 12.1. The molecule has 3 heterocycles. The number of aliphatic imine (C=N–C) groups is 5. The van der Waals surface area contributed by atoms with Crippen molar-refractivity contribution >= 4 is 98.6 Å². The van der Waals surface area contributed by atoms with Gasteiger partial charge >= 0.3 is 5.69 Å². The first-order chi connectivity index (χ1) is 39.5. The van der Waals surface area contributed by atoms with Crippen LogP contribution < -0.4 is 108 Å². The van der Waals surface area contributed by atoms with Crippen LogP contribution in [0.3, 0.4) is 0 Å². The third kappa shape index (κ3) is 21.3. The molecule has 2 fully saturated rings. The molecule has 4 rings (SSSR count). The lowest BCUT2D eigenvalue weighted by Crippen LogP contribution is -2.63. The highest BCUT2D eigenvalue weighted by Gasteiger charge is 2.52. The van der Waals surface area contributed by atoms with Gasteiger partial charge in [-0.1, -0.05) is 21.6 Å². The van der Waals surface area contributed by atoms with E-state index < -0.39 is 139 Å². The number of hydrogen-bond acceptors (Lipinski definition) is 26. The number of carbonyl (C=O) groups excluding carboxylic acids is 5. The Balaban J connectivity index is 1.45. The summed E-state index contributed by atoms with van der Waals surface area (Å²) in [4.78, 5) is 114. The number of aliphatic hydroxyl groups excluding tert-OH is 3. The fourth-order valence-corrected chi connectivity index (χ4v) is 10.4. The predicted molar refractivity (Wildman–Crippen MR) is 309 cm³/mol. The maximum atomic E-state index is 13.9. The summed E-state index contributed by atoms with van der Waals surface area (Å²) < 4.78 is 19.7. The summed E-state index contributed by atoms with van der Waals surface area (Å²) >= 11 is 0. The molecule has 2 aliphatic rings. The van der Waals surface area contributed by atoms with E-state index in [-0.39, 0.29) is 111 Å². The average Bonchev–Trinajstić information content (AvgIpc) is 1.59. The highest BCUT2D eigenvalue weighted by molar-refractivity contribution is 8.76. The van der Waals surface area contributed by atoms with Gasteiger partial charge in [0.2, 0.25) is 41.4 Å². The summed E-state index contributed by atoms with van der Waals surface area (Å²) in [7, 11) is 2.19. The summed E-state index contributed by atoms with van der Waals surface area (Å²) in [6.45, 7) is -0.617. The Kier molecular flexibility index (Phi) is 26.2. The molecule has 1 saturated carbocycles. The van der Waals surface area contributed by atoms with Crippen LogP contribution in [-0.4, -0.2) is 210 Å². The molecule has 5 amide bonds. The van der Waals surface area contributed by atoms with Crippen LogP contribution in [0.4, 0.5) is 17.7 Å². The van der Waals surface area contributed by atoms with Gasteiger partial charge in [0.15, 0.2) is 41.9 Å². The van der Waals surface area contributed by atoms with Crippen LogP contribution in [0.15, 0.2) is 36.0 Å². The zero-order valence-corrected chi connectivity index (χ0v) is 46.7. The smallest absolute Gasteiger partial charge is 0.349 e. The number of nitrogens with zero attached hydrogens (tertiary/aromatic N) is 10. The van der Waals surface area contributed by atoms with Gasteiger partial charge in [-0.25, -0.2) is 19.8 Å². The number of nitrogens with two attached hydrogens (primary N) is 15. The van der Waals surface area contributed by atoms with Crippen molar-refractivity contribution in [1.29, 1.82) is 0 Å². The van der Waals surface area contributed by atoms with Gasteiger partial charge in [-0.2, -0.15) is 19.9 Å². The fraction of sp³-hybridized carbons (Fsp3) is 0.595. The lowest BCUT2D eigenvalue weighted by molar-refractivity contribution is -0.290.